The molecule has 2 aromatic carbocycles. The van der Waals surface area contributed by atoms with Crippen LogP contribution in [0.2, 0.25) is 0 Å². The summed E-state index contributed by atoms with van der Waals surface area (Å²) in [6.07, 6.45) is 0.256. The monoisotopic (exact) mass is 406 g/mol. The molecule has 0 saturated heterocycles. The molecule has 0 saturated carbocycles. The van der Waals surface area contributed by atoms with E-state index in [1.54, 1.807) is 12.1 Å². The van der Waals surface area contributed by atoms with E-state index >= 15 is 0 Å². The van der Waals surface area contributed by atoms with Crippen molar-refractivity contribution in [2.75, 3.05) is 13.1 Å². The Bertz CT molecular complexity index is 717. The van der Waals surface area contributed by atoms with Gasteiger partial charge >= 0.3 is 0 Å². The normalized spacial score (nSPS) is 10.4. The van der Waals surface area contributed by atoms with E-state index in [-0.39, 0.29) is 30.6 Å². The number of benzene rings is 2. The number of amides is 2. The first-order valence-corrected chi connectivity index (χ1v) is 8.80. The summed E-state index contributed by atoms with van der Waals surface area (Å²) in [4.78, 5) is 26.0. The van der Waals surface area contributed by atoms with Crippen LogP contribution < -0.4 is 5.32 Å². The molecule has 132 valence electrons. The maximum Gasteiger partial charge on any atom is 0.239 e. The molecule has 2 amide bonds. The van der Waals surface area contributed by atoms with E-state index in [9.17, 15) is 14.0 Å². The van der Waals surface area contributed by atoms with Crippen LogP contribution in [0.25, 0.3) is 0 Å². The fourth-order valence-electron chi connectivity index (χ4n) is 2.30. The molecule has 0 bridgehead atoms. The molecule has 2 rings (SSSR count). The predicted octanol–water partition coefficient (Wildman–Crippen LogP) is 3.30. The van der Waals surface area contributed by atoms with Crippen LogP contribution in [0.3, 0.4) is 0 Å². The Balaban J connectivity index is 1.84. The van der Waals surface area contributed by atoms with Crippen LogP contribution in [0.15, 0.2) is 53.0 Å². The van der Waals surface area contributed by atoms with Gasteiger partial charge in [-0.05, 0) is 42.3 Å². The van der Waals surface area contributed by atoms with Crippen LogP contribution in [0, 0.1) is 5.82 Å². The maximum atomic E-state index is 12.9. The topological polar surface area (TPSA) is 49.4 Å². The Labute approximate surface area is 155 Å². The molecule has 6 heteroatoms. The van der Waals surface area contributed by atoms with E-state index < -0.39 is 0 Å². The van der Waals surface area contributed by atoms with Gasteiger partial charge in [0.15, 0.2) is 0 Å². The second-order valence-corrected chi connectivity index (χ2v) is 6.53. The highest BCUT2D eigenvalue weighted by molar-refractivity contribution is 9.10. The molecule has 0 aliphatic rings. The van der Waals surface area contributed by atoms with E-state index in [0.717, 1.165) is 15.6 Å². The van der Waals surface area contributed by atoms with Gasteiger partial charge in [-0.1, -0.05) is 40.2 Å². The third kappa shape index (κ3) is 6.31. The van der Waals surface area contributed by atoms with Gasteiger partial charge in [0, 0.05) is 17.6 Å². The van der Waals surface area contributed by atoms with Gasteiger partial charge in [-0.2, -0.15) is 0 Å². The standard InChI is InChI=1S/C19H20BrFN2O2/c1-2-23(19(25)11-14-3-7-16(20)8-4-14)13-18(24)22-12-15-5-9-17(21)10-6-15/h3-10H,2,11-13H2,1H3,(H,22,24). The molecule has 2 aromatic rings. The van der Waals surface area contributed by atoms with E-state index in [1.165, 1.54) is 17.0 Å². The largest absolute Gasteiger partial charge is 0.350 e. The summed E-state index contributed by atoms with van der Waals surface area (Å²) < 4.78 is 13.8. The molecule has 0 unspecified atom stereocenters. The number of nitrogens with one attached hydrogen (secondary N) is 1. The van der Waals surface area contributed by atoms with Crippen molar-refractivity contribution in [3.8, 4) is 0 Å². The lowest BCUT2D eigenvalue weighted by molar-refractivity contribution is -0.135. The zero-order valence-corrected chi connectivity index (χ0v) is 15.6. The van der Waals surface area contributed by atoms with E-state index in [2.05, 4.69) is 21.2 Å². The summed E-state index contributed by atoms with van der Waals surface area (Å²) in [7, 11) is 0. The number of hydrogen-bond acceptors (Lipinski definition) is 2. The van der Waals surface area contributed by atoms with E-state index in [1.807, 2.05) is 31.2 Å². The number of carbonyl (C=O) groups is 2. The average molecular weight is 407 g/mol. The minimum absolute atomic E-state index is 0.00700. The minimum atomic E-state index is -0.314. The fourth-order valence-corrected chi connectivity index (χ4v) is 2.56. The second-order valence-electron chi connectivity index (χ2n) is 5.61. The summed E-state index contributed by atoms with van der Waals surface area (Å²) in [6, 6.07) is 13.5. The van der Waals surface area contributed by atoms with Gasteiger partial charge in [0.05, 0.1) is 13.0 Å². The van der Waals surface area contributed by atoms with Crippen molar-refractivity contribution >= 4 is 27.7 Å². The smallest absolute Gasteiger partial charge is 0.239 e. The number of nitrogens with zero attached hydrogens (tertiary/aromatic N) is 1. The fraction of sp³-hybridized carbons (Fsp3) is 0.263. The predicted molar refractivity (Wildman–Crippen MR) is 98.3 cm³/mol. The SMILES string of the molecule is CCN(CC(=O)NCc1ccc(F)cc1)C(=O)Cc1ccc(Br)cc1. The van der Waals surface area contributed by atoms with E-state index in [0.29, 0.717) is 13.1 Å². The summed E-state index contributed by atoms with van der Waals surface area (Å²) in [5, 5.41) is 2.75. The summed E-state index contributed by atoms with van der Waals surface area (Å²) in [6.45, 7) is 2.61. The first kappa shape index (κ1) is 19.1. The van der Waals surface area contributed by atoms with Crippen LogP contribution in [0.1, 0.15) is 18.1 Å². The number of halogens is 2. The first-order chi connectivity index (χ1) is 12.0. The Morgan fingerprint density at radius 3 is 2.24 bits per heavy atom. The van der Waals surface area contributed by atoms with Crippen molar-refractivity contribution in [2.45, 2.75) is 19.9 Å². The first-order valence-electron chi connectivity index (χ1n) is 8.01. The molecule has 0 atom stereocenters. The Morgan fingerprint density at radius 1 is 1.04 bits per heavy atom. The van der Waals surface area contributed by atoms with Crippen LogP contribution in [-0.2, 0) is 22.6 Å². The lowest BCUT2D eigenvalue weighted by Gasteiger charge is -2.20. The van der Waals surface area contributed by atoms with Crippen molar-refractivity contribution in [2.24, 2.45) is 0 Å². The zero-order valence-electron chi connectivity index (χ0n) is 14.0. The van der Waals surface area contributed by atoms with Gasteiger partial charge in [0.2, 0.25) is 11.8 Å². The molecule has 0 heterocycles. The minimum Gasteiger partial charge on any atom is -0.350 e. The highest BCUT2D eigenvalue weighted by Crippen LogP contribution is 2.11. The molecule has 25 heavy (non-hydrogen) atoms. The number of carbonyl (C=O) groups excluding carboxylic acids is 2. The molecule has 4 nitrogen and oxygen atoms in total. The molecular formula is C19H20BrFN2O2. The van der Waals surface area contributed by atoms with Crippen molar-refractivity contribution in [3.05, 3.63) is 69.9 Å². The van der Waals surface area contributed by atoms with Crippen molar-refractivity contribution in [1.29, 1.82) is 0 Å². The molecular weight excluding hydrogens is 387 g/mol. The van der Waals surface area contributed by atoms with Crippen LogP contribution in [0.4, 0.5) is 4.39 Å². The third-order valence-electron chi connectivity index (χ3n) is 3.74. The summed E-state index contributed by atoms with van der Waals surface area (Å²) in [5.41, 5.74) is 1.71. The summed E-state index contributed by atoms with van der Waals surface area (Å²) in [5.74, 6) is -0.650. The van der Waals surface area contributed by atoms with Crippen molar-refractivity contribution in [1.82, 2.24) is 10.2 Å². The molecule has 1 N–H and O–H groups in total. The van der Waals surface area contributed by atoms with Gasteiger partial charge in [-0.3, -0.25) is 9.59 Å². The molecule has 0 aromatic heterocycles. The van der Waals surface area contributed by atoms with Crippen molar-refractivity contribution in [3.63, 3.8) is 0 Å². The van der Waals surface area contributed by atoms with Gasteiger partial charge in [0.1, 0.15) is 5.82 Å². The highest BCUT2D eigenvalue weighted by atomic mass is 79.9. The highest BCUT2D eigenvalue weighted by Gasteiger charge is 2.15. The zero-order chi connectivity index (χ0) is 18.2. The Morgan fingerprint density at radius 2 is 1.64 bits per heavy atom. The van der Waals surface area contributed by atoms with Gasteiger partial charge in [-0.15, -0.1) is 0 Å². The molecule has 0 aliphatic carbocycles. The van der Waals surface area contributed by atoms with Gasteiger partial charge in [-0.25, -0.2) is 4.39 Å². The van der Waals surface area contributed by atoms with Crippen LogP contribution in [0.5, 0.6) is 0 Å². The quantitative estimate of drug-likeness (QED) is 0.766. The summed E-state index contributed by atoms with van der Waals surface area (Å²) >= 11 is 3.36. The lowest BCUT2D eigenvalue weighted by atomic mass is 10.1. The number of hydrogen-bond donors (Lipinski definition) is 1. The number of rotatable bonds is 7. The maximum absolute atomic E-state index is 12.9. The van der Waals surface area contributed by atoms with Crippen LogP contribution >= 0.6 is 15.9 Å². The average Bonchev–Trinajstić information content (AvgIpc) is 2.61. The van der Waals surface area contributed by atoms with Crippen molar-refractivity contribution < 1.29 is 14.0 Å². The van der Waals surface area contributed by atoms with Gasteiger partial charge in [0.25, 0.3) is 0 Å². The lowest BCUT2D eigenvalue weighted by Crippen LogP contribution is -2.41. The number of likely N-dealkylation sites (N-methyl/N-ethyl adjacent to an activating group) is 1. The molecule has 0 aliphatic heterocycles. The Hall–Kier alpha value is -2.21. The van der Waals surface area contributed by atoms with E-state index in [4.69, 9.17) is 0 Å². The third-order valence-corrected chi connectivity index (χ3v) is 4.27. The molecule has 0 spiro atoms. The Kier molecular flexibility index (Phi) is 7.13. The molecule has 0 radical (unpaired) electrons. The van der Waals surface area contributed by atoms with Gasteiger partial charge < -0.3 is 10.2 Å². The second kappa shape index (κ2) is 9.32. The van der Waals surface area contributed by atoms with Crippen LogP contribution in [-0.4, -0.2) is 29.8 Å². The molecule has 0 fully saturated rings.